The molecule has 5 rings (SSSR count). The summed E-state index contributed by atoms with van der Waals surface area (Å²) in [4.78, 5) is 53.2. The number of nitrogens with one attached hydrogen (secondary N) is 1. The number of anilines is 1. The number of halogens is 1. The van der Waals surface area contributed by atoms with Crippen molar-refractivity contribution in [2.75, 3.05) is 11.9 Å². The molecule has 1 heterocycles. The molecule has 0 spiro atoms. The lowest BCUT2D eigenvalue weighted by atomic mass is 9.85. The van der Waals surface area contributed by atoms with Crippen LogP contribution in [0.5, 0.6) is 0 Å². The number of hydrogen-bond acceptors (Lipinski definition) is 5. The molecule has 2 aliphatic carbocycles. The Morgan fingerprint density at radius 3 is 2.32 bits per heavy atom. The molecule has 2 fully saturated rings. The zero-order valence-electron chi connectivity index (χ0n) is 18.2. The number of ether oxygens (including phenoxy) is 1. The first kappa shape index (κ1) is 22.3. The predicted molar refractivity (Wildman–Crippen MR) is 125 cm³/mol. The van der Waals surface area contributed by atoms with Crippen LogP contribution in [0.25, 0.3) is 0 Å². The van der Waals surface area contributed by atoms with Crippen molar-refractivity contribution in [3.8, 4) is 0 Å². The first-order valence-electron chi connectivity index (χ1n) is 11.2. The van der Waals surface area contributed by atoms with Gasteiger partial charge in [0.2, 0.25) is 11.8 Å². The molecule has 3 aliphatic rings. The minimum absolute atomic E-state index is 0.0355. The van der Waals surface area contributed by atoms with Gasteiger partial charge in [0.15, 0.2) is 6.61 Å². The molecule has 7 nitrogen and oxygen atoms in total. The van der Waals surface area contributed by atoms with Crippen LogP contribution in [0.4, 0.5) is 5.69 Å². The van der Waals surface area contributed by atoms with Gasteiger partial charge in [-0.25, -0.2) is 4.79 Å². The Hall–Kier alpha value is -3.45. The van der Waals surface area contributed by atoms with Gasteiger partial charge in [-0.3, -0.25) is 19.3 Å². The Labute approximate surface area is 201 Å². The molecule has 0 radical (unpaired) electrons. The number of carbonyl (C=O) groups excluding carboxylic acids is 4. The molecule has 34 heavy (non-hydrogen) atoms. The number of imide groups is 1. The summed E-state index contributed by atoms with van der Waals surface area (Å²) in [5.41, 5.74) is 1.25. The zero-order chi connectivity index (χ0) is 23.8. The van der Waals surface area contributed by atoms with Crippen LogP contribution in [0, 0.1) is 23.7 Å². The van der Waals surface area contributed by atoms with Gasteiger partial charge in [0, 0.05) is 17.1 Å². The van der Waals surface area contributed by atoms with E-state index in [1.807, 2.05) is 42.5 Å². The lowest BCUT2D eigenvalue weighted by Crippen LogP contribution is -2.48. The number of benzene rings is 2. The third-order valence-corrected chi connectivity index (χ3v) is 7.05. The third-order valence-electron chi connectivity index (χ3n) is 6.81. The second-order valence-electron chi connectivity index (χ2n) is 8.92. The first-order valence-corrected chi connectivity index (χ1v) is 11.6. The van der Waals surface area contributed by atoms with E-state index in [9.17, 15) is 19.2 Å². The molecule has 1 aliphatic heterocycles. The summed E-state index contributed by atoms with van der Waals surface area (Å²) in [7, 11) is 0. The Kier molecular flexibility index (Phi) is 5.96. The maximum Gasteiger partial charge on any atom is 0.330 e. The summed E-state index contributed by atoms with van der Waals surface area (Å²) in [6.45, 7) is -0.549. The van der Waals surface area contributed by atoms with Gasteiger partial charge in [-0.1, -0.05) is 60.2 Å². The summed E-state index contributed by atoms with van der Waals surface area (Å²) in [5, 5.41) is 3.07. The predicted octanol–water partition coefficient (Wildman–Crippen LogP) is 3.24. The van der Waals surface area contributed by atoms with Crippen molar-refractivity contribution in [3.05, 3.63) is 77.3 Å². The Bertz CT molecular complexity index is 1150. The number of esters is 1. The van der Waals surface area contributed by atoms with E-state index >= 15 is 0 Å². The molecular weight excluding hydrogens is 456 g/mol. The van der Waals surface area contributed by atoms with E-state index in [4.69, 9.17) is 16.3 Å². The van der Waals surface area contributed by atoms with Crippen LogP contribution in [0.3, 0.4) is 0 Å². The Balaban J connectivity index is 1.32. The normalized spacial score (nSPS) is 25.4. The summed E-state index contributed by atoms with van der Waals surface area (Å²) in [6.07, 6.45) is 4.93. The van der Waals surface area contributed by atoms with Crippen molar-refractivity contribution >= 4 is 41.0 Å². The highest BCUT2D eigenvalue weighted by Gasteiger charge is 2.61. The number of carbonyl (C=O) groups is 4. The number of hydrogen-bond donors (Lipinski definition) is 1. The van der Waals surface area contributed by atoms with E-state index in [0.29, 0.717) is 10.7 Å². The van der Waals surface area contributed by atoms with Crippen LogP contribution in [-0.4, -0.2) is 41.2 Å². The first-order chi connectivity index (χ1) is 16.4. The standard InChI is InChI=1S/C26H23ClN2O5/c27-18-7-4-8-19(13-18)28-21(30)14-34-26(33)20(11-15-5-2-1-3-6-15)29-24(31)22-16-9-10-17(12-16)23(22)25(29)32/h1-10,13,16-17,20,22-23H,11-12,14H2,(H,28,30)/t16-,17-,20+,22-,23+/m0/s1. The van der Waals surface area contributed by atoms with Crippen molar-refractivity contribution in [2.45, 2.75) is 18.9 Å². The topological polar surface area (TPSA) is 92.8 Å². The van der Waals surface area contributed by atoms with Crippen molar-refractivity contribution in [1.82, 2.24) is 4.90 Å². The smallest absolute Gasteiger partial charge is 0.330 e. The molecule has 5 atom stereocenters. The largest absolute Gasteiger partial charge is 0.454 e. The second kappa shape index (κ2) is 9.06. The SMILES string of the molecule is O=C(COC(=O)[C@@H](Cc1ccccc1)N1C(=O)[C@@H]2[C@H](C1=O)[C@H]1C=C[C@H]2C1)Nc1cccc(Cl)c1. The molecule has 2 aromatic carbocycles. The van der Waals surface area contributed by atoms with Gasteiger partial charge in [-0.2, -0.15) is 0 Å². The van der Waals surface area contributed by atoms with Crippen LogP contribution >= 0.6 is 11.6 Å². The van der Waals surface area contributed by atoms with Gasteiger partial charge < -0.3 is 10.1 Å². The number of rotatable bonds is 7. The quantitative estimate of drug-likeness (QED) is 0.374. The average Bonchev–Trinajstić information content (AvgIpc) is 3.51. The average molecular weight is 479 g/mol. The minimum Gasteiger partial charge on any atom is -0.454 e. The summed E-state index contributed by atoms with van der Waals surface area (Å²) >= 11 is 5.93. The molecule has 3 amide bonds. The van der Waals surface area contributed by atoms with Crippen LogP contribution in [-0.2, 0) is 30.3 Å². The molecule has 2 aromatic rings. The van der Waals surface area contributed by atoms with Gasteiger partial charge in [-0.15, -0.1) is 0 Å². The van der Waals surface area contributed by atoms with Crippen LogP contribution < -0.4 is 5.32 Å². The molecular formula is C26H23ClN2O5. The fourth-order valence-electron chi connectivity index (χ4n) is 5.35. The number of allylic oxidation sites excluding steroid dienone is 2. The molecule has 174 valence electrons. The number of likely N-dealkylation sites (tertiary alicyclic amines) is 1. The maximum atomic E-state index is 13.3. The van der Waals surface area contributed by atoms with Crippen LogP contribution in [0.1, 0.15) is 12.0 Å². The highest BCUT2D eigenvalue weighted by molar-refractivity contribution is 6.30. The van der Waals surface area contributed by atoms with Crippen molar-refractivity contribution in [2.24, 2.45) is 23.7 Å². The lowest BCUT2D eigenvalue weighted by Gasteiger charge is -2.26. The molecule has 2 bridgehead atoms. The van der Waals surface area contributed by atoms with Gasteiger partial charge in [0.05, 0.1) is 11.8 Å². The highest BCUT2D eigenvalue weighted by Crippen LogP contribution is 2.53. The monoisotopic (exact) mass is 478 g/mol. The van der Waals surface area contributed by atoms with Crippen molar-refractivity contribution in [3.63, 3.8) is 0 Å². The van der Waals surface area contributed by atoms with Crippen molar-refractivity contribution < 1.29 is 23.9 Å². The molecule has 8 heteroatoms. The Morgan fingerprint density at radius 2 is 1.68 bits per heavy atom. The third kappa shape index (κ3) is 4.12. The maximum absolute atomic E-state index is 13.3. The molecule has 0 aromatic heterocycles. The van der Waals surface area contributed by atoms with E-state index in [1.165, 1.54) is 0 Å². The zero-order valence-corrected chi connectivity index (χ0v) is 19.0. The molecule has 1 saturated carbocycles. The summed E-state index contributed by atoms with van der Waals surface area (Å²) in [6, 6.07) is 14.6. The van der Waals surface area contributed by atoms with E-state index in [1.54, 1.807) is 24.3 Å². The number of nitrogens with zero attached hydrogens (tertiary/aromatic N) is 1. The van der Waals surface area contributed by atoms with Crippen LogP contribution in [0.15, 0.2) is 66.7 Å². The number of amides is 3. The fraction of sp³-hybridized carbons (Fsp3) is 0.308. The highest BCUT2D eigenvalue weighted by atomic mass is 35.5. The van der Waals surface area contributed by atoms with E-state index < -0.39 is 36.4 Å². The summed E-state index contributed by atoms with van der Waals surface area (Å²) in [5.74, 6) is -2.75. The van der Waals surface area contributed by atoms with Gasteiger partial charge in [0.1, 0.15) is 6.04 Å². The van der Waals surface area contributed by atoms with Gasteiger partial charge in [0.25, 0.3) is 5.91 Å². The van der Waals surface area contributed by atoms with E-state index in [-0.39, 0.29) is 30.1 Å². The van der Waals surface area contributed by atoms with Crippen LogP contribution in [0.2, 0.25) is 5.02 Å². The van der Waals surface area contributed by atoms with E-state index in [2.05, 4.69) is 5.32 Å². The Morgan fingerprint density at radius 1 is 1.00 bits per heavy atom. The molecule has 0 unspecified atom stereocenters. The summed E-state index contributed by atoms with van der Waals surface area (Å²) < 4.78 is 5.30. The molecule has 1 N–H and O–H groups in total. The van der Waals surface area contributed by atoms with Gasteiger partial charge in [-0.05, 0) is 42.0 Å². The van der Waals surface area contributed by atoms with Crippen molar-refractivity contribution in [1.29, 1.82) is 0 Å². The van der Waals surface area contributed by atoms with E-state index in [0.717, 1.165) is 16.9 Å². The lowest BCUT2D eigenvalue weighted by molar-refractivity contribution is -0.160. The van der Waals surface area contributed by atoms with Gasteiger partial charge >= 0.3 is 5.97 Å². The fourth-order valence-corrected chi connectivity index (χ4v) is 5.54. The number of fused-ring (bicyclic) bond motifs is 5. The minimum atomic E-state index is -1.13. The second-order valence-corrected chi connectivity index (χ2v) is 9.35. The molecule has 1 saturated heterocycles.